The van der Waals surface area contributed by atoms with Crippen LogP contribution in [0.4, 0.5) is 10.5 Å². The smallest absolute Gasteiger partial charge is 0.325 e. The minimum atomic E-state index is -0.472. The minimum Gasteiger partial charge on any atom is -0.490 e. The van der Waals surface area contributed by atoms with Crippen LogP contribution in [0, 0.1) is 0 Å². The van der Waals surface area contributed by atoms with Crippen molar-refractivity contribution in [2.24, 2.45) is 0 Å². The Morgan fingerprint density at radius 2 is 2.30 bits per heavy atom. The van der Waals surface area contributed by atoms with Gasteiger partial charge in [0.25, 0.3) is 0 Å². The maximum atomic E-state index is 12.1. The number of anilines is 1. The van der Waals surface area contributed by atoms with Crippen LogP contribution in [0.1, 0.15) is 6.92 Å². The molecule has 20 heavy (non-hydrogen) atoms. The summed E-state index contributed by atoms with van der Waals surface area (Å²) in [5.41, 5.74) is 0.588. The first kappa shape index (κ1) is 14.5. The van der Waals surface area contributed by atoms with E-state index in [1.54, 1.807) is 25.1 Å². The topological polar surface area (TPSA) is 67.9 Å². The molecule has 7 heteroatoms. The highest BCUT2D eigenvalue weighted by molar-refractivity contribution is 6.31. The number of amides is 2. The predicted molar refractivity (Wildman–Crippen MR) is 74.3 cm³/mol. The molecular formula is C13H15ClN2O4. The molecule has 0 bridgehead atoms. The summed E-state index contributed by atoms with van der Waals surface area (Å²) in [6.07, 6.45) is 0. The van der Waals surface area contributed by atoms with E-state index in [2.05, 4.69) is 5.32 Å². The van der Waals surface area contributed by atoms with E-state index in [-0.39, 0.29) is 19.2 Å². The van der Waals surface area contributed by atoms with E-state index in [9.17, 15) is 9.59 Å². The van der Waals surface area contributed by atoms with E-state index in [1.165, 1.54) is 4.90 Å². The molecule has 0 aliphatic carbocycles. The fourth-order valence-corrected chi connectivity index (χ4v) is 2.02. The van der Waals surface area contributed by atoms with Crippen LogP contribution in [0.5, 0.6) is 5.75 Å². The van der Waals surface area contributed by atoms with Gasteiger partial charge in [-0.25, -0.2) is 4.79 Å². The number of hydrogen-bond donors (Lipinski definition) is 1. The highest BCUT2D eigenvalue weighted by atomic mass is 35.5. The molecule has 0 radical (unpaired) electrons. The van der Waals surface area contributed by atoms with Crippen molar-refractivity contribution in [2.45, 2.75) is 6.92 Å². The lowest BCUT2D eigenvalue weighted by molar-refractivity contribution is -0.141. The van der Waals surface area contributed by atoms with Crippen molar-refractivity contribution in [1.29, 1.82) is 0 Å². The predicted octanol–water partition coefficient (Wildman–Crippen LogP) is 1.81. The van der Waals surface area contributed by atoms with Gasteiger partial charge >= 0.3 is 12.0 Å². The molecule has 2 amide bonds. The summed E-state index contributed by atoms with van der Waals surface area (Å²) in [7, 11) is 0. The summed E-state index contributed by atoms with van der Waals surface area (Å²) in [5.74, 6) is 0.118. The van der Waals surface area contributed by atoms with Crippen molar-refractivity contribution in [3.63, 3.8) is 0 Å². The monoisotopic (exact) mass is 298 g/mol. The zero-order chi connectivity index (χ0) is 14.5. The van der Waals surface area contributed by atoms with Crippen molar-refractivity contribution < 1.29 is 19.1 Å². The Kier molecular flexibility index (Phi) is 4.68. The van der Waals surface area contributed by atoms with Gasteiger partial charge in [-0.3, -0.25) is 9.69 Å². The first-order valence-electron chi connectivity index (χ1n) is 6.25. The lowest BCUT2D eigenvalue weighted by atomic mass is 10.2. The molecule has 1 aliphatic heterocycles. The summed E-state index contributed by atoms with van der Waals surface area (Å²) in [6.45, 7) is 2.61. The molecule has 1 heterocycles. The number of esters is 1. The van der Waals surface area contributed by atoms with E-state index < -0.39 is 5.97 Å². The molecule has 1 aromatic rings. The van der Waals surface area contributed by atoms with E-state index in [0.29, 0.717) is 29.6 Å². The van der Waals surface area contributed by atoms with E-state index in [0.717, 1.165) is 0 Å². The molecule has 0 saturated heterocycles. The Morgan fingerprint density at radius 1 is 1.50 bits per heavy atom. The third-order valence-electron chi connectivity index (χ3n) is 2.72. The first-order chi connectivity index (χ1) is 9.61. The number of ether oxygens (including phenoxy) is 2. The molecule has 0 fully saturated rings. The zero-order valence-corrected chi connectivity index (χ0v) is 11.8. The van der Waals surface area contributed by atoms with Crippen molar-refractivity contribution in [2.75, 3.05) is 31.2 Å². The first-order valence-corrected chi connectivity index (χ1v) is 6.63. The SMILES string of the molecule is CCOC(=O)CNC(=O)N1CCOc2ccc(Cl)cc21. The fraction of sp³-hybridized carbons (Fsp3) is 0.385. The minimum absolute atomic E-state index is 0.167. The molecule has 0 saturated carbocycles. The zero-order valence-electron chi connectivity index (χ0n) is 11.0. The molecule has 1 aliphatic rings. The van der Waals surface area contributed by atoms with Crippen molar-refractivity contribution in [1.82, 2.24) is 5.32 Å². The van der Waals surface area contributed by atoms with Crippen LogP contribution in [0.3, 0.4) is 0 Å². The number of urea groups is 1. The second-order valence-corrected chi connectivity index (χ2v) is 4.51. The van der Waals surface area contributed by atoms with Gasteiger partial charge in [0.15, 0.2) is 0 Å². The normalized spacial score (nSPS) is 13.2. The summed E-state index contributed by atoms with van der Waals surface area (Å²) < 4.78 is 10.2. The van der Waals surface area contributed by atoms with Crippen LogP contribution in [-0.2, 0) is 9.53 Å². The van der Waals surface area contributed by atoms with E-state index in [1.807, 2.05) is 0 Å². The summed E-state index contributed by atoms with van der Waals surface area (Å²) in [6, 6.07) is 4.67. The lowest BCUT2D eigenvalue weighted by Crippen LogP contribution is -2.46. The fourth-order valence-electron chi connectivity index (χ4n) is 1.86. The quantitative estimate of drug-likeness (QED) is 0.864. The van der Waals surface area contributed by atoms with Crippen molar-refractivity contribution in [3.8, 4) is 5.75 Å². The highest BCUT2D eigenvalue weighted by Crippen LogP contribution is 2.33. The van der Waals surface area contributed by atoms with Crippen molar-refractivity contribution >= 4 is 29.3 Å². The highest BCUT2D eigenvalue weighted by Gasteiger charge is 2.24. The van der Waals surface area contributed by atoms with Crippen LogP contribution < -0.4 is 15.0 Å². The molecule has 2 rings (SSSR count). The third-order valence-corrected chi connectivity index (χ3v) is 2.95. The van der Waals surface area contributed by atoms with E-state index in [4.69, 9.17) is 21.1 Å². The van der Waals surface area contributed by atoms with Gasteiger partial charge < -0.3 is 14.8 Å². The second kappa shape index (κ2) is 6.47. The average molecular weight is 299 g/mol. The molecular weight excluding hydrogens is 284 g/mol. The lowest BCUT2D eigenvalue weighted by Gasteiger charge is -2.29. The van der Waals surface area contributed by atoms with Crippen LogP contribution in [0.2, 0.25) is 5.02 Å². The molecule has 6 nitrogen and oxygen atoms in total. The molecule has 0 unspecified atom stereocenters. The average Bonchev–Trinajstić information content (AvgIpc) is 2.44. The summed E-state index contributed by atoms with van der Waals surface area (Å²) in [4.78, 5) is 24.8. The number of hydrogen-bond acceptors (Lipinski definition) is 4. The van der Waals surface area contributed by atoms with Gasteiger partial charge in [0.1, 0.15) is 18.9 Å². The molecule has 0 aromatic heterocycles. The van der Waals surface area contributed by atoms with Gasteiger partial charge in [0, 0.05) is 5.02 Å². The number of nitrogens with one attached hydrogen (secondary N) is 1. The molecule has 108 valence electrons. The molecule has 1 N–H and O–H groups in total. The standard InChI is InChI=1S/C13H15ClN2O4/c1-2-19-12(17)8-15-13(18)16-5-6-20-11-4-3-9(14)7-10(11)16/h3-4,7H,2,5-6,8H2,1H3,(H,15,18). The number of fused-ring (bicyclic) bond motifs is 1. The van der Waals surface area contributed by atoms with Crippen LogP contribution in [-0.4, -0.2) is 38.3 Å². The molecule has 1 aromatic carbocycles. The van der Waals surface area contributed by atoms with Crippen LogP contribution in [0.25, 0.3) is 0 Å². The number of nitrogens with zero attached hydrogens (tertiary/aromatic N) is 1. The Hall–Kier alpha value is -1.95. The van der Waals surface area contributed by atoms with Gasteiger partial charge in [-0.15, -0.1) is 0 Å². The third kappa shape index (κ3) is 3.33. The van der Waals surface area contributed by atoms with Crippen LogP contribution >= 0.6 is 11.6 Å². The van der Waals surface area contributed by atoms with Gasteiger partial charge in [-0.2, -0.15) is 0 Å². The number of halogens is 1. The number of benzene rings is 1. The van der Waals surface area contributed by atoms with Gasteiger partial charge in [0.05, 0.1) is 18.8 Å². The number of rotatable bonds is 3. The largest absolute Gasteiger partial charge is 0.490 e. The van der Waals surface area contributed by atoms with Gasteiger partial charge in [0.2, 0.25) is 0 Å². The van der Waals surface area contributed by atoms with Gasteiger partial charge in [-0.1, -0.05) is 11.6 Å². The second-order valence-electron chi connectivity index (χ2n) is 4.08. The summed E-state index contributed by atoms with van der Waals surface area (Å²) >= 11 is 5.93. The van der Waals surface area contributed by atoms with Crippen LogP contribution in [0.15, 0.2) is 18.2 Å². The Labute approximate surface area is 121 Å². The van der Waals surface area contributed by atoms with Crippen molar-refractivity contribution in [3.05, 3.63) is 23.2 Å². The molecule has 0 spiro atoms. The van der Waals surface area contributed by atoms with Gasteiger partial charge in [-0.05, 0) is 25.1 Å². The number of carbonyl (C=O) groups is 2. The van der Waals surface area contributed by atoms with E-state index >= 15 is 0 Å². The maximum absolute atomic E-state index is 12.1. The Bertz CT molecular complexity index is 521. The molecule has 0 atom stereocenters. The Morgan fingerprint density at radius 3 is 3.05 bits per heavy atom. The summed E-state index contributed by atoms with van der Waals surface area (Å²) in [5, 5.41) is 3.02. The Balaban J connectivity index is 2.05. The number of carbonyl (C=O) groups excluding carboxylic acids is 2. The maximum Gasteiger partial charge on any atom is 0.325 e.